The molecule has 0 bridgehead atoms. The molecule has 0 spiro atoms. The molecule has 1 saturated heterocycles. The number of aryl methyl sites for hydroxylation is 1. The van der Waals surface area contributed by atoms with Crippen LogP contribution in [0, 0.1) is 0 Å². The lowest BCUT2D eigenvalue weighted by atomic mass is 9.85. The van der Waals surface area contributed by atoms with Gasteiger partial charge in [0.25, 0.3) is 0 Å². The average Bonchev–Trinajstić information content (AvgIpc) is 3.84. The van der Waals surface area contributed by atoms with E-state index in [2.05, 4.69) is 70.7 Å². The summed E-state index contributed by atoms with van der Waals surface area (Å²) in [7, 11) is 0. The second-order valence-corrected chi connectivity index (χ2v) is 14.2. The highest BCUT2D eigenvalue weighted by Crippen LogP contribution is 2.39. The Balaban J connectivity index is 1.08. The van der Waals surface area contributed by atoms with Crippen LogP contribution in [-0.4, -0.2) is 64.5 Å². The Morgan fingerprint density at radius 1 is 1.04 bits per heavy atom. The smallest absolute Gasteiger partial charge is 0.320 e. The minimum absolute atomic E-state index is 0.0906. The third-order valence-corrected chi connectivity index (χ3v) is 9.57. The second kappa shape index (κ2) is 13.5. The number of nitrogens with one attached hydrogen (secondary N) is 2. The van der Waals surface area contributed by atoms with Crippen molar-refractivity contribution in [2.75, 3.05) is 23.4 Å². The van der Waals surface area contributed by atoms with Gasteiger partial charge in [-0.3, -0.25) is 14.4 Å². The van der Waals surface area contributed by atoms with Crippen molar-refractivity contribution in [2.24, 2.45) is 0 Å². The van der Waals surface area contributed by atoms with Crippen LogP contribution in [0.3, 0.4) is 0 Å². The summed E-state index contributed by atoms with van der Waals surface area (Å²) in [5.74, 6) is 2.17. The number of hydrogen-bond acceptors (Lipinski definition) is 8. The summed E-state index contributed by atoms with van der Waals surface area (Å²) in [6.07, 6.45) is 11.0. The van der Waals surface area contributed by atoms with E-state index in [1.165, 1.54) is 6.42 Å². The number of fused-ring (bicyclic) bond motifs is 2. The number of benzene rings is 1. The van der Waals surface area contributed by atoms with Gasteiger partial charge in [0.1, 0.15) is 23.4 Å². The van der Waals surface area contributed by atoms with Crippen LogP contribution in [0.4, 0.5) is 16.6 Å². The molecule has 0 unspecified atom stereocenters. The number of piperidine rings is 1. The first kappa shape index (κ1) is 32.6. The Hall–Kier alpha value is -4.91. The zero-order valence-electron chi connectivity index (χ0n) is 28.7. The molecule has 2 amide bonds. The summed E-state index contributed by atoms with van der Waals surface area (Å²) in [5.41, 5.74) is 4.24. The monoisotopic (exact) mass is 666 g/mol. The van der Waals surface area contributed by atoms with Crippen LogP contribution in [0.2, 0.25) is 0 Å². The quantitative estimate of drug-likeness (QED) is 0.176. The fourth-order valence-corrected chi connectivity index (χ4v) is 6.87. The summed E-state index contributed by atoms with van der Waals surface area (Å²) in [4.78, 5) is 15.9. The lowest BCUT2D eigenvalue weighted by molar-refractivity contribution is 0.171. The van der Waals surface area contributed by atoms with Crippen LogP contribution in [0.15, 0.2) is 61.1 Å². The Bertz CT molecular complexity index is 1920. The molecule has 5 aromatic rings. The van der Waals surface area contributed by atoms with Crippen molar-refractivity contribution in [1.29, 1.82) is 0 Å². The molecule has 13 heteroatoms. The van der Waals surface area contributed by atoms with Crippen molar-refractivity contribution in [1.82, 2.24) is 39.5 Å². The van der Waals surface area contributed by atoms with Gasteiger partial charge >= 0.3 is 6.03 Å². The van der Waals surface area contributed by atoms with E-state index in [1.807, 2.05) is 47.1 Å². The minimum atomic E-state index is -0.314. The average molecular weight is 667 g/mol. The number of hydrogen-bond donors (Lipinski definition) is 3. The maximum atomic E-state index is 13.6. The van der Waals surface area contributed by atoms with Crippen LogP contribution >= 0.6 is 0 Å². The van der Waals surface area contributed by atoms with Crippen LogP contribution in [0.1, 0.15) is 95.2 Å². The van der Waals surface area contributed by atoms with E-state index in [0.717, 1.165) is 65.7 Å². The zero-order valence-corrected chi connectivity index (χ0v) is 28.7. The van der Waals surface area contributed by atoms with E-state index in [0.29, 0.717) is 31.2 Å². The number of anilines is 2. The van der Waals surface area contributed by atoms with Crippen molar-refractivity contribution in [3.8, 4) is 11.4 Å². The van der Waals surface area contributed by atoms with Crippen LogP contribution in [-0.2, 0) is 12.0 Å². The van der Waals surface area contributed by atoms with Gasteiger partial charge in [-0.2, -0.15) is 10.2 Å². The molecule has 49 heavy (non-hydrogen) atoms. The van der Waals surface area contributed by atoms with Gasteiger partial charge in [-0.25, -0.2) is 9.48 Å². The second-order valence-electron chi connectivity index (χ2n) is 14.2. The van der Waals surface area contributed by atoms with Crippen molar-refractivity contribution in [3.63, 3.8) is 0 Å². The van der Waals surface area contributed by atoms with E-state index in [1.54, 1.807) is 15.6 Å². The molecule has 0 radical (unpaired) electrons. The Morgan fingerprint density at radius 3 is 2.67 bits per heavy atom. The van der Waals surface area contributed by atoms with E-state index in [-0.39, 0.29) is 30.2 Å². The fraction of sp³-hybridized carbons (Fsp3) is 0.472. The highest BCUT2D eigenvalue weighted by molar-refractivity contribution is 5.89. The number of rotatable bonds is 9. The van der Waals surface area contributed by atoms with Gasteiger partial charge in [0.05, 0.1) is 30.3 Å². The number of urea groups is 1. The van der Waals surface area contributed by atoms with Gasteiger partial charge < -0.3 is 20.1 Å². The predicted molar refractivity (Wildman–Crippen MR) is 187 cm³/mol. The third-order valence-electron chi connectivity index (χ3n) is 9.57. The number of amides is 2. The summed E-state index contributed by atoms with van der Waals surface area (Å²) in [6.45, 7) is 10.2. The van der Waals surface area contributed by atoms with E-state index < -0.39 is 0 Å². The lowest BCUT2D eigenvalue weighted by Crippen LogP contribution is -2.38. The Kier molecular flexibility index (Phi) is 9.01. The summed E-state index contributed by atoms with van der Waals surface area (Å²) < 4.78 is 12.2. The zero-order chi connectivity index (χ0) is 34.1. The van der Waals surface area contributed by atoms with Crippen molar-refractivity contribution < 1.29 is 14.6 Å². The topological polar surface area (TPSA) is 140 Å². The molecule has 1 aromatic carbocycles. The molecule has 5 heterocycles. The number of nitrogens with zero attached hydrogens (tertiary/aromatic N) is 8. The first-order chi connectivity index (χ1) is 23.7. The van der Waals surface area contributed by atoms with E-state index in [4.69, 9.17) is 9.84 Å². The third kappa shape index (κ3) is 6.85. The molecule has 3 N–H and O–H groups in total. The van der Waals surface area contributed by atoms with Gasteiger partial charge in [-0.15, -0.1) is 10.2 Å². The van der Waals surface area contributed by atoms with Crippen molar-refractivity contribution in [2.45, 2.75) is 96.4 Å². The molecular weight excluding hydrogens is 620 g/mol. The summed E-state index contributed by atoms with van der Waals surface area (Å²) >= 11 is 0. The Labute approximate surface area is 286 Å². The molecule has 1 fully saturated rings. The van der Waals surface area contributed by atoms with E-state index >= 15 is 0 Å². The molecule has 4 aromatic heterocycles. The lowest BCUT2D eigenvalue weighted by Gasteiger charge is -2.33. The highest BCUT2D eigenvalue weighted by atomic mass is 16.5. The van der Waals surface area contributed by atoms with Gasteiger partial charge in [0, 0.05) is 37.2 Å². The van der Waals surface area contributed by atoms with Crippen LogP contribution in [0.5, 0.6) is 5.75 Å². The highest BCUT2D eigenvalue weighted by Gasteiger charge is 2.31. The molecule has 13 nitrogen and oxygen atoms in total. The number of pyridine rings is 1. The number of ether oxygens (including phenoxy) is 1. The van der Waals surface area contributed by atoms with Crippen LogP contribution in [0.25, 0.3) is 11.3 Å². The molecule has 258 valence electrons. The molecule has 0 saturated carbocycles. The number of carbonyl (C=O) groups is 1. The molecule has 2 aliphatic rings. The predicted octanol–water partition coefficient (Wildman–Crippen LogP) is 5.95. The van der Waals surface area contributed by atoms with Crippen molar-refractivity contribution >= 4 is 23.4 Å². The number of aliphatic hydroxyl groups excluding tert-OH is 1. The molecular formula is C36H46N10O3. The normalized spacial score (nSPS) is 19.5. The number of aromatic nitrogens is 7. The van der Waals surface area contributed by atoms with E-state index in [9.17, 15) is 9.90 Å². The number of carbonyl (C=O) groups excluding carboxylic acids is 1. The van der Waals surface area contributed by atoms with Gasteiger partial charge in [-0.05, 0) is 68.7 Å². The van der Waals surface area contributed by atoms with Gasteiger partial charge in [0.2, 0.25) is 5.95 Å². The van der Waals surface area contributed by atoms with Crippen molar-refractivity contribution in [3.05, 3.63) is 77.9 Å². The number of aliphatic hydroxyl groups is 1. The summed E-state index contributed by atoms with van der Waals surface area (Å²) in [5, 5.41) is 33.7. The molecule has 3 atom stereocenters. The maximum Gasteiger partial charge on any atom is 0.320 e. The van der Waals surface area contributed by atoms with Crippen LogP contribution < -0.4 is 20.3 Å². The van der Waals surface area contributed by atoms with Gasteiger partial charge in [0.15, 0.2) is 5.65 Å². The molecule has 1 aliphatic heterocycles. The maximum absolute atomic E-state index is 13.6. The largest absolute Gasteiger partial charge is 0.484 e. The Morgan fingerprint density at radius 2 is 1.88 bits per heavy atom. The molecule has 7 rings (SSSR count). The standard InChI is InChI=1S/C36H46N10O3/c1-24-10-7-8-18-44(24)35-41-40-32-16-13-26(23-45(32)35)49-30-15-14-29(27-11-5-6-12-28(27)30)38-34(48)39-33-20-31(36(2,3)4)42-46(33)25-21-37-43(22-25)17-9-19-47/h5-6,11-13,16,20-24,29-30,47H,7-10,14-15,17-19H2,1-4H3,(H2,38,39,48)/t24-,29-,30+/m0/s1. The van der Waals surface area contributed by atoms with Gasteiger partial charge in [-0.1, -0.05) is 45.0 Å². The first-order valence-corrected chi connectivity index (χ1v) is 17.4. The fourth-order valence-electron chi connectivity index (χ4n) is 6.87. The summed E-state index contributed by atoms with van der Waals surface area (Å²) in [6, 6.07) is 13.9. The first-order valence-electron chi connectivity index (χ1n) is 17.4. The minimum Gasteiger partial charge on any atom is -0.484 e. The molecule has 1 aliphatic carbocycles. The SMILES string of the molecule is C[C@H]1CCCCN1c1nnc2ccc(O[C@@H]3CC[C@H](NC(=O)Nc4cc(C(C)(C)C)nn4-c4cnn(CCCO)c4)c4ccccc43)cn12.